The molecule has 0 bridgehead atoms. The average Bonchev–Trinajstić information content (AvgIpc) is 2.48. The first kappa shape index (κ1) is 13.8. The van der Waals surface area contributed by atoms with E-state index in [2.05, 4.69) is 0 Å². The van der Waals surface area contributed by atoms with Gasteiger partial charge in [0.05, 0.1) is 12.2 Å². The lowest BCUT2D eigenvalue weighted by atomic mass is 10.2. The minimum Gasteiger partial charge on any atom is -0.494 e. The summed E-state index contributed by atoms with van der Waals surface area (Å²) in [4.78, 5) is 22.6. The van der Waals surface area contributed by atoms with Crippen LogP contribution in [0.3, 0.4) is 0 Å². The molecule has 0 saturated heterocycles. The predicted octanol–water partition coefficient (Wildman–Crippen LogP) is 3.12. The lowest BCUT2D eigenvalue weighted by Crippen LogP contribution is -2.08. The van der Waals surface area contributed by atoms with Gasteiger partial charge in [0.15, 0.2) is 0 Å². The van der Waals surface area contributed by atoms with Gasteiger partial charge in [-0.05, 0) is 43.3 Å². The number of benzene rings is 2. The SMILES string of the molecule is CCOc1ccc(C(=O)Oc2cccc(C=O)c2)cc1. The zero-order valence-corrected chi connectivity index (χ0v) is 11.0. The number of hydrogen-bond acceptors (Lipinski definition) is 4. The van der Waals surface area contributed by atoms with E-state index in [4.69, 9.17) is 9.47 Å². The Balaban J connectivity index is 2.09. The highest BCUT2D eigenvalue weighted by atomic mass is 16.5. The molecular formula is C16H14O4. The van der Waals surface area contributed by atoms with Crippen molar-refractivity contribution in [3.63, 3.8) is 0 Å². The number of rotatable bonds is 5. The molecule has 0 radical (unpaired) electrons. The van der Waals surface area contributed by atoms with E-state index in [0.29, 0.717) is 35.5 Å². The number of esters is 1. The fourth-order valence-corrected chi connectivity index (χ4v) is 1.67. The maximum absolute atomic E-state index is 11.9. The van der Waals surface area contributed by atoms with Crippen LogP contribution in [-0.4, -0.2) is 18.9 Å². The third-order valence-electron chi connectivity index (χ3n) is 2.61. The van der Waals surface area contributed by atoms with Crippen LogP contribution in [0.15, 0.2) is 48.5 Å². The van der Waals surface area contributed by atoms with Crippen LogP contribution < -0.4 is 9.47 Å². The van der Waals surface area contributed by atoms with E-state index < -0.39 is 5.97 Å². The maximum Gasteiger partial charge on any atom is 0.343 e. The summed E-state index contributed by atoms with van der Waals surface area (Å²) < 4.78 is 10.5. The van der Waals surface area contributed by atoms with Gasteiger partial charge < -0.3 is 9.47 Å². The van der Waals surface area contributed by atoms with Crippen molar-refractivity contribution in [3.05, 3.63) is 59.7 Å². The Morgan fingerprint density at radius 3 is 2.50 bits per heavy atom. The van der Waals surface area contributed by atoms with Crippen molar-refractivity contribution in [1.29, 1.82) is 0 Å². The van der Waals surface area contributed by atoms with Gasteiger partial charge in [0, 0.05) is 5.56 Å². The molecule has 0 spiro atoms. The monoisotopic (exact) mass is 270 g/mol. The molecular weight excluding hydrogens is 256 g/mol. The molecule has 0 aliphatic carbocycles. The van der Waals surface area contributed by atoms with Gasteiger partial charge in [-0.25, -0.2) is 4.79 Å². The summed E-state index contributed by atoms with van der Waals surface area (Å²) in [5, 5.41) is 0. The van der Waals surface area contributed by atoms with E-state index in [-0.39, 0.29) is 0 Å². The number of carbonyl (C=O) groups is 2. The molecule has 0 aliphatic heterocycles. The van der Waals surface area contributed by atoms with Gasteiger partial charge in [0.25, 0.3) is 0 Å². The number of hydrogen-bond donors (Lipinski definition) is 0. The standard InChI is InChI=1S/C16H14O4/c1-2-19-14-8-6-13(7-9-14)16(18)20-15-5-3-4-12(10-15)11-17/h3-11H,2H2,1H3. The molecule has 0 heterocycles. The second-order valence-electron chi connectivity index (χ2n) is 4.04. The second kappa shape index (κ2) is 6.52. The highest BCUT2D eigenvalue weighted by Gasteiger charge is 2.09. The van der Waals surface area contributed by atoms with Crippen molar-refractivity contribution in [3.8, 4) is 11.5 Å². The third-order valence-corrected chi connectivity index (χ3v) is 2.61. The summed E-state index contributed by atoms with van der Waals surface area (Å²) in [7, 11) is 0. The first-order chi connectivity index (χ1) is 9.72. The quantitative estimate of drug-likeness (QED) is 0.476. The van der Waals surface area contributed by atoms with Gasteiger partial charge in [0.2, 0.25) is 0 Å². The molecule has 2 aromatic carbocycles. The van der Waals surface area contributed by atoms with E-state index in [9.17, 15) is 9.59 Å². The van der Waals surface area contributed by atoms with Gasteiger partial charge in [0.1, 0.15) is 17.8 Å². The number of ether oxygens (including phenoxy) is 2. The molecule has 0 saturated carbocycles. The molecule has 20 heavy (non-hydrogen) atoms. The van der Waals surface area contributed by atoms with Crippen LogP contribution in [0.5, 0.6) is 11.5 Å². The van der Waals surface area contributed by atoms with Gasteiger partial charge in [-0.15, -0.1) is 0 Å². The van der Waals surface area contributed by atoms with Crippen molar-refractivity contribution < 1.29 is 19.1 Å². The molecule has 0 amide bonds. The summed E-state index contributed by atoms with van der Waals surface area (Å²) in [6, 6.07) is 13.1. The van der Waals surface area contributed by atoms with E-state index in [1.54, 1.807) is 42.5 Å². The number of aldehydes is 1. The highest BCUT2D eigenvalue weighted by molar-refractivity contribution is 5.91. The summed E-state index contributed by atoms with van der Waals surface area (Å²) in [6.07, 6.45) is 0.703. The molecule has 0 atom stereocenters. The van der Waals surface area contributed by atoms with Crippen molar-refractivity contribution in [1.82, 2.24) is 0 Å². The Morgan fingerprint density at radius 2 is 1.85 bits per heavy atom. The zero-order valence-electron chi connectivity index (χ0n) is 11.0. The summed E-state index contributed by atoms with van der Waals surface area (Å²) in [6.45, 7) is 2.46. The predicted molar refractivity (Wildman–Crippen MR) is 74.4 cm³/mol. The molecule has 0 unspecified atom stereocenters. The Labute approximate surface area is 116 Å². The fraction of sp³-hybridized carbons (Fsp3) is 0.125. The molecule has 4 nitrogen and oxygen atoms in total. The molecule has 2 rings (SSSR count). The summed E-state index contributed by atoms with van der Waals surface area (Å²) in [5.41, 5.74) is 0.881. The van der Waals surface area contributed by atoms with Gasteiger partial charge in [-0.2, -0.15) is 0 Å². The van der Waals surface area contributed by atoms with Crippen molar-refractivity contribution >= 4 is 12.3 Å². The van der Waals surface area contributed by atoms with Crippen molar-refractivity contribution in [2.24, 2.45) is 0 Å². The largest absolute Gasteiger partial charge is 0.494 e. The van der Waals surface area contributed by atoms with Crippen LogP contribution >= 0.6 is 0 Å². The first-order valence-electron chi connectivity index (χ1n) is 6.23. The molecule has 0 N–H and O–H groups in total. The molecule has 0 fully saturated rings. The van der Waals surface area contributed by atoms with E-state index >= 15 is 0 Å². The van der Waals surface area contributed by atoms with Crippen molar-refractivity contribution in [2.75, 3.05) is 6.61 Å². The minimum atomic E-state index is -0.476. The molecule has 0 aromatic heterocycles. The van der Waals surface area contributed by atoms with Crippen LogP contribution in [0, 0.1) is 0 Å². The lowest BCUT2D eigenvalue weighted by molar-refractivity contribution is 0.0734. The summed E-state index contributed by atoms with van der Waals surface area (Å²) in [5.74, 6) is 0.566. The Kier molecular flexibility index (Phi) is 4.50. The molecule has 102 valence electrons. The molecule has 2 aromatic rings. The van der Waals surface area contributed by atoms with Crippen LogP contribution in [-0.2, 0) is 0 Å². The Bertz CT molecular complexity index is 602. The average molecular weight is 270 g/mol. The molecule has 4 heteroatoms. The topological polar surface area (TPSA) is 52.6 Å². The Hall–Kier alpha value is -2.62. The van der Waals surface area contributed by atoms with Crippen LogP contribution in [0.1, 0.15) is 27.6 Å². The maximum atomic E-state index is 11.9. The van der Waals surface area contributed by atoms with E-state index in [1.807, 2.05) is 6.92 Å². The van der Waals surface area contributed by atoms with Gasteiger partial charge in [-0.1, -0.05) is 12.1 Å². The van der Waals surface area contributed by atoms with Crippen molar-refractivity contribution in [2.45, 2.75) is 6.92 Å². The zero-order chi connectivity index (χ0) is 14.4. The lowest BCUT2D eigenvalue weighted by Gasteiger charge is -2.06. The van der Waals surface area contributed by atoms with Crippen LogP contribution in [0.4, 0.5) is 0 Å². The van der Waals surface area contributed by atoms with Crippen LogP contribution in [0.2, 0.25) is 0 Å². The van der Waals surface area contributed by atoms with Gasteiger partial charge >= 0.3 is 5.97 Å². The number of carbonyl (C=O) groups excluding carboxylic acids is 2. The summed E-state index contributed by atoms with van der Waals surface area (Å²) >= 11 is 0. The second-order valence-corrected chi connectivity index (χ2v) is 4.04. The van der Waals surface area contributed by atoms with Gasteiger partial charge in [-0.3, -0.25) is 4.79 Å². The third kappa shape index (κ3) is 3.45. The first-order valence-corrected chi connectivity index (χ1v) is 6.23. The van der Waals surface area contributed by atoms with Crippen LogP contribution in [0.25, 0.3) is 0 Å². The normalized spacial score (nSPS) is 9.85. The Morgan fingerprint density at radius 1 is 1.10 bits per heavy atom. The van der Waals surface area contributed by atoms with E-state index in [1.165, 1.54) is 6.07 Å². The van der Waals surface area contributed by atoms with E-state index in [0.717, 1.165) is 0 Å². The minimum absolute atomic E-state index is 0.341. The fourth-order valence-electron chi connectivity index (χ4n) is 1.67. The highest BCUT2D eigenvalue weighted by Crippen LogP contribution is 2.16. The molecule has 0 aliphatic rings. The smallest absolute Gasteiger partial charge is 0.343 e.